The lowest BCUT2D eigenvalue weighted by atomic mass is 10.1. The van der Waals surface area contributed by atoms with Crippen molar-refractivity contribution < 1.29 is 9.18 Å². The Bertz CT molecular complexity index is 1190. The lowest BCUT2D eigenvalue weighted by Crippen LogP contribution is -2.37. The number of aromatic nitrogens is 3. The zero-order valence-corrected chi connectivity index (χ0v) is 17.4. The van der Waals surface area contributed by atoms with Crippen molar-refractivity contribution in [1.82, 2.24) is 19.9 Å². The molecule has 2 aromatic heterocycles. The number of likely N-dealkylation sites (tertiary alicyclic amines) is 1. The van der Waals surface area contributed by atoms with E-state index < -0.39 is 5.82 Å². The van der Waals surface area contributed by atoms with Gasteiger partial charge in [0.1, 0.15) is 23.5 Å². The van der Waals surface area contributed by atoms with Crippen molar-refractivity contribution in [2.75, 3.05) is 29.9 Å². The van der Waals surface area contributed by atoms with Crippen LogP contribution in [0.3, 0.4) is 0 Å². The van der Waals surface area contributed by atoms with Crippen LogP contribution in [0.2, 0.25) is 5.02 Å². The van der Waals surface area contributed by atoms with Crippen LogP contribution in [0.25, 0.3) is 11.0 Å². The van der Waals surface area contributed by atoms with Crippen LogP contribution in [0.1, 0.15) is 6.42 Å². The van der Waals surface area contributed by atoms with Crippen LogP contribution >= 0.6 is 11.6 Å². The minimum Gasteiger partial charge on any atom is -0.351 e. The molecular formula is C22H20ClFN6O. The normalized spacial score (nSPS) is 20.2. The van der Waals surface area contributed by atoms with E-state index >= 15 is 0 Å². The first kappa shape index (κ1) is 19.7. The second kappa shape index (κ2) is 7.77. The molecule has 2 fully saturated rings. The SMILES string of the molecule is C=CC(=O)N1CC2CCN(c3ccc4ncnc(Nc5cc(Cl)ccc5F)c4n3)C2C1. The van der Waals surface area contributed by atoms with E-state index in [-0.39, 0.29) is 17.6 Å². The van der Waals surface area contributed by atoms with Gasteiger partial charge in [-0.2, -0.15) is 0 Å². The van der Waals surface area contributed by atoms with Gasteiger partial charge in [-0.3, -0.25) is 4.79 Å². The fourth-order valence-corrected chi connectivity index (χ4v) is 4.63. The van der Waals surface area contributed by atoms with E-state index in [4.69, 9.17) is 16.6 Å². The fourth-order valence-electron chi connectivity index (χ4n) is 4.46. The summed E-state index contributed by atoms with van der Waals surface area (Å²) in [5, 5.41) is 3.41. The highest BCUT2D eigenvalue weighted by molar-refractivity contribution is 6.30. The van der Waals surface area contributed by atoms with Gasteiger partial charge in [0.2, 0.25) is 5.91 Å². The highest BCUT2D eigenvalue weighted by Crippen LogP contribution is 2.35. The molecule has 2 aliphatic rings. The smallest absolute Gasteiger partial charge is 0.246 e. The quantitative estimate of drug-likeness (QED) is 0.625. The molecule has 2 atom stereocenters. The Morgan fingerprint density at radius 1 is 1.26 bits per heavy atom. The molecule has 2 aliphatic heterocycles. The maximum atomic E-state index is 14.2. The van der Waals surface area contributed by atoms with Crippen molar-refractivity contribution in [2.45, 2.75) is 12.5 Å². The average molecular weight is 439 g/mol. The van der Waals surface area contributed by atoms with Crippen molar-refractivity contribution in [3.05, 3.63) is 60.2 Å². The molecule has 9 heteroatoms. The molecule has 0 saturated carbocycles. The molecule has 0 radical (unpaired) electrons. The van der Waals surface area contributed by atoms with E-state index in [9.17, 15) is 9.18 Å². The Labute approximate surface area is 183 Å². The largest absolute Gasteiger partial charge is 0.351 e. The first-order valence-electron chi connectivity index (χ1n) is 10.1. The highest BCUT2D eigenvalue weighted by Gasteiger charge is 2.42. The summed E-state index contributed by atoms with van der Waals surface area (Å²) in [6.45, 7) is 5.85. The maximum absolute atomic E-state index is 14.2. The van der Waals surface area contributed by atoms with Crippen LogP contribution in [-0.4, -0.2) is 51.4 Å². The molecule has 0 spiro atoms. The van der Waals surface area contributed by atoms with E-state index in [0.29, 0.717) is 34.3 Å². The first-order chi connectivity index (χ1) is 15.0. The molecule has 2 saturated heterocycles. The number of carbonyl (C=O) groups excluding carboxylic acids is 1. The average Bonchev–Trinajstić information content (AvgIpc) is 3.37. The predicted molar refractivity (Wildman–Crippen MR) is 118 cm³/mol. The molecule has 0 aliphatic carbocycles. The highest BCUT2D eigenvalue weighted by atomic mass is 35.5. The van der Waals surface area contributed by atoms with Gasteiger partial charge in [-0.05, 0) is 42.8 Å². The fraction of sp³-hybridized carbons (Fsp3) is 0.273. The van der Waals surface area contributed by atoms with Crippen molar-refractivity contribution in [3.8, 4) is 0 Å². The summed E-state index contributed by atoms with van der Waals surface area (Å²) < 4.78 is 14.2. The zero-order chi connectivity index (χ0) is 21.5. The third kappa shape index (κ3) is 3.57. The summed E-state index contributed by atoms with van der Waals surface area (Å²) >= 11 is 6.01. The predicted octanol–water partition coefficient (Wildman–Crippen LogP) is 3.78. The number of benzene rings is 1. The van der Waals surface area contributed by atoms with E-state index in [1.807, 2.05) is 17.0 Å². The second-order valence-electron chi connectivity index (χ2n) is 7.77. The van der Waals surface area contributed by atoms with Crippen molar-refractivity contribution in [1.29, 1.82) is 0 Å². The number of hydrogen-bond donors (Lipinski definition) is 1. The lowest BCUT2D eigenvalue weighted by Gasteiger charge is -2.26. The van der Waals surface area contributed by atoms with E-state index in [0.717, 1.165) is 25.3 Å². The lowest BCUT2D eigenvalue weighted by molar-refractivity contribution is -0.125. The van der Waals surface area contributed by atoms with Gasteiger partial charge in [-0.25, -0.2) is 19.3 Å². The summed E-state index contributed by atoms with van der Waals surface area (Å²) in [4.78, 5) is 29.5. The number of amides is 1. The molecule has 1 aromatic carbocycles. The standard InChI is InChI=1S/C22H20ClFN6O/c1-2-20(31)29-10-13-7-8-30(18(13)11-29)19-6-5-16-21(28-19)22(26-12-25-16)27-17-9-14(23)3-4-15(17)24/h2-6,9,12-13,18H,1,7-8,10-11H2,(H,25,26,27). The Kier molecular flexibility index (Phi) is 4.94. The number of rotatable bonds is 4. The molecule has 2 unspecified atom stereocenters. The Morgan fingerprint density at radius 3 is 2.97 bits per heavy atom. The van der Waals surface area contributed by atoms with Crippen LogP contribution in [0.15, 0.2) is 49.3 Å². The summed E-state index contributed by atoms with van der Waals surface area (Å²) in [7, 11) is 0. The second-order valence-corrected chi connectivity index (χ2v) is 8.20. The van der Waals surface area contributed by atoms with Crippen LogP contribution in [-0.2, 0) is 4.79 Å². The molecule has 158 valence electrons. The molecule has 4 heterocycles. The number of nitrogens with zero attached hydrogens (tertiary/aromatic N) is 5. The molecule has 1 amide bonds. The van der Waals surface area contributed by atoms with Gasteiger partial charge in [0.25, 0.3) is 0 Å². The molecule has 0 bridgehead atoms. The summed E-state index contributed by atoms with van der Waals surface area (Å²) in [5.41, 5.74) is 1.41. The molecule has 31 heavy (non-hydrogen) atoms. The third-order valence-corrected chi connectivity index (χ3v) is 6.21. The van der Waals surface area contributed by atoms with Crippen LogP contribution in [0, 0.1) is 11.7 Å². The Hall–Kier alpha value is -3.26. The monoisotopic (exact) mass is 438 g/mol. The van der Waals surface area contributed by atoms with E-state index in [1.54, 1.807) is 0 Å². The summed E-state index contributed by atoms with van der Waals surface area (Å²) in [6, 6.07) is 8.31. The molecule has 1 N–H and O–H groups in total. The minimum absolute atomic E-state index is 0.0377. The maximum Gasteiger partial charge on any atom is 0.246 e. The van der Waals surface area contributed by atoms with E-state index in [2.05, 4.69) is 26.8 Å². The van der Waals surface area contributed by atoms with Gasteiger partial charge >= 0.3 is 0 Å². The number of nitrogens with one attached hydrogen (secondary N) is 1. The van der Waals surface area contributed by atoms with Crippen LogP contribution in [0.4, 0.5) is 21.7 Å². The minimum atomic E-state index is -0.437. The number of pyridine rings is 1. The number of anilines is 3. The summed E-state index contributed by atoms with van der Waals surface area (Å²) in [5.74, 6) is 1.12. The zero-order valence-electron chi connectivity index (χ0n) is 16.6. The van der Waals surface area contributed by atoms with E-state index in [1.165, 1.54) is 30.6 Å². The van der Waals surface area contributed by atoms with Crippen LogP contribution in [0.5, 0.6) is 0 Å². The number of carbonyl (C=O) groups is 1. The first-order valence-corrected chi connectivity index (χ1v) is 10.4. The number of halogens is 2. The van der Waals surface area contributed by atoms with Crippen molar-refractivity contribution in [2.24, 2.45) is 5.92 Å². The van der Waals surface area contributed by atoms with Gasteiger partial charge in [0, 0.05) is 30.6 Å². The Morgan fingerprint density at radius 2 is 2.13 bits per heavy atom. The molecule has 5 rings (SSSR count). The number of fused-ring (bicyclic) bond motifs is 2. The molecule has 7 nitrogen and oxygen atoms in total. The molecule has 3 aromatic rings. The topological polar surface area (TPSA) is 74.2 Å². The van der Waals surface area contributed by atoms with Crippen molar-refractivity contribution in [3.63, 3.8) is 0 Å². The van der Waals surface area contributed by atoms with Gasteiger partial charge < -0.3 is 15.1 Å². The third-order valence-electron chi connectivity index (χ3n) is 5.98. The van der Waals surface area contributed by atoms with Gasteiger partial charge in [0.15, 0.2) is 5.82 Å². The van der Waals surface area contributed by atoms with Crippen LogP contribution < -0.4 is 10.2 Å². The van der Waals surface area contributed by atoms with Gasteiger partial charge in [-0.15, -0.1) is 0 Å². The van der Waals surface area contributed by atoms with Crippen molar-refractivity contribution >= 4 is 45.9 Å². The Balaban J connectivity index is 1.47. The summed E-state index contributed by atoms with van der Waals surface area (Å²) in [6.07, 6.45) is 3.77. The number of hydrogen-bond acceptors (Lipinski definition) is 6. The molecular weight excluding hydrogens is 419 g/mol. The van der Waals surface area contributed by atoms with Gasteiger partial charge in [-0.1, -0.05) is 18.2 Å². The van der Waals surface area contributed by atoms with Gasteiger partial charge in [0.05, 0.1) is 17.2 Å².